The van der Waals surface area contributed by atoms with E-state index in [9.17, 15) is 9.59 Å². The summed E-state index contributed by atoms with van der Waals surface area (Å²) in [5, 5.41) is 4.58. The van der Waals surface area contributed by atoms with E-state index in [0.29, 0.717) is 16.5 Å². The number of hydrogen-bond donors (Lipinski definition) is 1. The number of amides is 1. The lowest BCUT2D eigenvalue weighted by molar-refractivity contribution is -0.115. The van der Waals surface area contributed by atoms with Crippen LogP contribution < -0.4 is 16.0 Å². The third-order valence-corrected chi connectivity index (χ3v) is 4.01. The van der Waals surface area contributed by atoms with Crippen molar-refractivity contribution in [3.05, 3.63) is 64.6 Å². The number of hydrogen-bond acceptors (Lipinski definition) is 7. The Morgan fingerprint density at radius 2 is 1.92 bits per heavy atom. The minimum atomic E-state index is -0.459. The Morgan fingerprint density at radius 3 is 2.65 bits per heavy atom. The first-order valence-electron chi connectivity index (χ1n) is 7.62. The van der Waals surface area contributed by atoms with Crippen LogP contribution in [0.25, 0.3) is 5.69 Å². The third kappa shape index (κ3) is 4.45. The highest BCUT2D eigenvalue weighted by molar-refractivity contribution is 7.99. The summed E-state index contributed by atoms with van der Waals surface area (Å²) in [5.41, 5.74) is 6.15. The molecule has 0 saturated carbocycles. The third-order valence-electron chi connectivity index (χ3n) is 3.14. The summed E-state index contributed by atoms with van der Waals surface area (Å²) >= 11 is 1.12. The molecule has 0 atom stereocenters. The van der Waals surface area contributed by atoms with E-state index in [4.69, 9.17) is 10.5 Å². The smallest absolute Gasteiger partial charge is 0.271 e. The van der Waals surface area contributed by atoms with Crippen LogP contribution in [-0.2, 0) is 4.79 Å². The van der Waals surface area contributed by atoms with Crippen molar-refractivity contribution in [1.29, 1.82) is 0 Å². The quantitative estimate of drug-likeness (QED) is 0.520. The van der Waals surface area contributed by atoms with Crippen LogP contribution in [-0.4, -0.2) is 31.4 Å². The van der Waals surface area contributed by atoms with Crippen molar-refractivity contribution in [2.24, 2.45) is 5.73 Å². The van der Waals surface area contributed by atoms with Crippen LogP contribution in [0, 0.1) is 6.92 Å². The Balaban J connectivity index is 1.87. The Bertz CT molecular complexity index is 991. The highest BCUT2D eigenvalue weighted by Crippen LogP contribution is 2.21. The molecule has 0 aliphatic heterocycles. The van der Waals surface area contributed by atoms with Crippen LogP contribution in [0.1, 0.15) is 5.69 Å². The highest BCUT2D eigenvalue weighted by atomic mass is 32.2. The predicted octanol–water partition coefficient (Wildman–Crippen LogP) is 1.70. The van der Waals surface area contributed by atoms with E-state index in [1.165, 1.54) is 16.8 Å². The van der Waals surface area contributed by atoms with Gasteiger partial charge in [0, 0.05) is 23.9 Å². The second-order valence-electron chi connectivity index (χ2n) is 5.24. The van der Waals surface area contributed by atoms with Gasteiger partial charge in [-0.3, -0.25) is 9.59 Å². The molecule has 26 heavy (non-hydrogen) atoms. The standard InChI is InChI=1S/C17H15N5O3S/c1-11-9-15(20-17(19-11)26-10-13(18)23)25-14-7-8-16(24)22(21-14)12-5-3-2-4-6-12/h2-9H,10H2,1H3,(H2,18,23). The largest absolute Gasteiger partial charge is 0.419 e. The first-order valence-corrected chi connectivity index (χ1v) is 8.60. The molecule has 1 aromatic carbocycles. The van der Waals surface area contributed by atoms with Gasteiger partial charge in [-0.15, -0.1) is 5.10 Å². The topological polar surface area (TPSA) is 113 Å². The van der Waals surface area contributed by atoms with Crippen molar-refractivity contribution in [2.45, 2.75) is 12.1 Å². The number of para-hydroxylation sites is 1. The number of aromatic nitrogens is 4. The summed E-state index contributed by atoms with van der Waals surface area (Å²) in [4.78, 5) is 31.4. The molecule has 1 amide bonds. The van der Waals surface area contributed by atoms with E-state index in [0.717, 1.165) is 11.8 Å². The minimum absolute atomic E-state index is 0.0695. The lowest BCUT2D eigenvalue weighted by atomic mass is 10.3. The second-order valence-corrected chi connectivity index (χ2v) is 6.19. The van der Waals surface area contributed by atoms with Crippen molar-refractivity contribution in [3.63, 3.8) is 0 Å². The molecule has 2 heterocycles. The number of nitrogens with two attached hydrogens (primary N) is 1. The molecule has 0 saturated heterocycles. The number of benzene rings is 1. The van der Waals surface area contributed by atoms with Gasteiger partial charge in [0.25, 0.3) is 5.56 Å². The molecule has 0 aliphatic carbocycles. The molecule has 3 aromatic rings. The average Bonchev–Trinajstić information content (AvgIpc) is 2.62. The number of rotatable bonds is 6. The molecule has 8 nitrogen and oxygen atoms in total. The van der Waals surface area contributed by atoms with Crippen LogP contribution in [0.3, 0.4) is 0 Å². The van der Waals surface area contributed by atoms with Gasteiger partial charge in [-0.2, -0.15) is 9.67 Å². The summed E-state index contributed by atoms with van der Waals surface area (Å²) in [6.07, 6.45) is 0. The monoisotopic (exact) mass is 369 g/mol. The van der Waals surface area contributed by atoms with Gasteiger partial charge in [-0.05, 0) is 19.1 Å². The lowest BCUT2D eigenvalue weighted by Crippen LogP contribution is -2.20. The van der Waals surface area contributed by atoms with Crippen molar-refractivity contribution in [1.82, 2.24) is 19.7 Å². The first kappa shape index (κ1) is 17.6. The van der Waals surface area contributed by atoms with E-state index in [1.54, 1.807) is 25.1 Å². The molecule has 0 bridgehead atoms. The van der Waals surface area contributed by atoms with Gasteiger partial charge >= 0.3 is 0 Å². The van der Waals surface area contributed by atoms with E-state index < -0.39 is 5.91 Å². The van der Waals surface area contributed by atoms with Gasteiger partial charge in [-0.25, -0.2) is 4.98 Å². The van der Waals surface area contributed by atoms with Crippen LogP contribution in [0.5, 0.6) is 11.8 Å². The maximum absolute atomic E-state index is 12.1. The SMILES string of the molecule is Cc1cc(Oc2ccc(=O)n(-c3ccccc3)n2)nc(SCC(N)=O)n1. The normalized spacial score (nSPS) is 10.5. The summed E-state index contributed by atoms with van der Waals surface area (Å²) in [5.74, 6) is 0.0758. The maximum atomic E-state index is 12.1. The summed E-state index contributed by atoms with van der Waals surface area (Å²) < 4.78 is 6.91. The fraction of sp³-hybridized carbons (Fsp3) is 0.118. The molecule has 0 spiro atoms. The molecule has 2 aromatic heterocycles. The van der Waals surface area contributed by atoms with Gasteiger partial charge < -0.3 is 10.5 Å². The summed E-state index contributed by atoms with van der Waals surface area (Å²) in [6, 6.07) is 13.5. The molecular formula is C17H15N5O3S. The van der Waals surface area contributed by atoms with Crippen molar-refractivity contribution >= 4 is 17.7 Å². The zero-order valence-electron chi connectivity index (χ0n) is 13.8. The number of nitrogens with zero attached hydrogens (tertiary/aromatic N) is 4. The number of thioether (sulfide) groups is 1. The van der Waals surface area contributed by atoms with Crippen LogP contribution >= 0.6 is 11.8 Å². The Kier molecular flexibility index (Phi) is 5.28. The minimum Gasteiger partial charge on any atom is -0.419 e. The summed E-state index contributed by atoms with van der Waals surface area (Å²) in [6.45, 7) is 1.78. The van der Waals surface area contributed by atoms with Crippen LogP contribution in [0.2, 0.25) is 0 Å². The first-order chi connectivity index (χ1) is 12.5. The maximum Gasteiger partial charge on any atom is 0.271 e. The molecule has 3 rings (SSSR count). The van der Waals surface area contributed by atoms with Crippen molar-refractivity contribution in [2.75, 3.05) is 5.75 Å². The summed E-state index contributed by atoms with van der Waals surface area (Å²) in [7, 11) is 0. The van der Waals surface area contributed by atoms with Gasteiger partial charge in [0.15, 0.2) is 5.16 Å². The number of aryl methyl sites for hydroxylation is 1. The molecule has 0 fully saturated rings. The van der Waals surface area contributed by atoms with Gasteiger partial charge in [0.1, 0.15) is 0 Å². The Labute approximate surface area is 153 Å². The van der Waals surface area contributed by atoms with E-state index >= 15 is 0 Å². The lowest BCUT2D eigenvalue weighted by Gasteiger charge is -2.09. The molecule has 0 unspecified atom stereocenters. The average molecular weight is 369 g/mol. The molecule has 0 radical (unpaired) electrons. The Morgan fingerprint density at radius 1 is 1.15 bits per heavy atom. The Hall–Kier alpha value is -3.20. The van der Waals surface area contributed by atoms with Crippen LogP contribution in [0.15, 0.2) is 58.5 Å². The highest BCUT2D eigenvalue weighted by Gasteiger charge is 2.09. The van der Waals surface area contributed by atoms with Crippen molar-refractivity contribution in [3.8, 4) is 17.4 Å². The van der Waals surface area contributed by atoms with Gasteiger partial charge in [0.2, 0.25) is 17.7 Å². The second kappa shape index (κ2) is 7.79. The van der Waals surface area contributed by atoms with Gasteiger partial charge in [-0.1, -0.05) is 30.0 Å². The van der Waals surface area contributed by atoms with Gasteiger partial charge in [0.05, 0.1) is 11.4 Å². The van der Waals surface area contributed by atoms with E-state index in [1.807, 2.05) is 18.2 Å². The molecule has 0 aliphatic rings. The molecule has 132 valence electrons. The molecule has 9 heteroatoms. The fourth-order valence-electron chi connectivity index (χ4n) is 2.08. The molecule has 2 N–H and O–H groups in total. The fourth-order valence-corrected chi connectivity index (χ4v) is 2.71. The zero-order valence-corrected chi connectivity index (χ0v) is 14.6. The molecular weight excluding hydrogens is 354 g/mol. The number of carbonyl (C=O) groups is 1. The van der Waals surface area contributed by atoms with E-state index in [2.05, 4.69) is 15.1 Å². The number of primary amides is 1. The predicted molar refractivity (Wildman–Crippen MR) is 96.6 cm³/mol. The zero-order chi connectivity index (χ0) is 18.5. The van der Waals surface area contributed by atoms with Crippen molar-refractivity contribution < 1.29 is 9.53 Å². The van der Waals surface area contributed by atoms with Crippen LogP contribution in [0.4, 0.5) is 0 Å². The number of carbonyl (C=O) groups excluding carboxylic acids is 1. The van der Waals surface area contributed by atoms with E-state index in [-0.39, 0.29) is 23.1 Å². The number of ether oxygens (including phenoxy) is 1.